The predicted molar refractivity (Wildman–Crippen MR) is 466 cm³/mol. The number of aromatic nitrogens is 10. The molecule has 0 saturated carbocycles. The lowest BCUT2D eigenvalue weighted by Gasteiger charge is -2.13. The fraction of sp³-hybridized carbons (Fsp3) is 0.0303. The molecule has 0 unspecified atom stereocenters. The second kappa shape index (κ2) is 29.3. The van der Waals surface area contributed by atoms with Crippen LogP contribution in [0.15, 0.2) is 370 Å². The van der Waals surface area contributed by atoms with Gasteiger partial charge in [0.1, 0.15) is 21.7 Å². The molecular weight excluding hydrogens is 1390 g/mol. The number of H-pyrrole nitrogens is 2. The molecule has 22 rings (SSSR count). The van der Waals surface area contributed by atoms with E-state index in [1.165, 1.54) is 98.0 Å². The summed E-state index contributed by atoms with van der Waals surface area (Å²) in [6, 6.07) is 129. The Bertz CT molecular complexity index is 6770. The van der Waals surface area contributed by atoms with Gasteiger partial charge in [-0.25, -0.2) is 19.9 Å². The fourth-order valence-corrected chi connectivity index (χ4v) is 17.7. The Hall–Kier alpha value is -14.0. The van der Waals surface area contributed by atoms with Crippen LogP contribution in [0.2, 0.25) is 0 Å². The number of para-hydroxylation sites is 11. The highest BCUT2D eigenvalue weighted by Gasteiger charge is 2.27. The number of rotatable bonds is 10. The van der Waals surface area contributed by atoms with Gasteiger partial charge in [0.05, 0.1) is 87.4 Å². The summed E-state index contributed by atoms with van der Waals surface area (Å²) < 4.78 is 11.7. The number of imidazole rings is 2. The average molecular weight is 1470 g/mol. The van der Waals surface area contributed by atoms with E-state index in [0.29, 0.717) is 0 Å². The summed E-state index contributed by atoms with van der Waals surface area (Å²) in [5.74, 6) is 1.80. The van der Waals surface area contributed by atoms with Gasteiger partial charge in [-0.15, -0.1) is 22.7 Å². The van der Waals surface area contributed by atoms with Crippen molar-refractivity contribution in [3.05, 3.63) is 376 Å². The van der Waals surface area contributed by atoms with Crippen molar-refractivity contribution in [2.45, 2.75) is 6.92 Å². The molecule has 0 spiro atoms. The number of hydrogen-bond donors (Lipinski definition) is 2. The largest absolute Gasteiger partial charge is 0.343 e. The highest BCUT2D eigenvalue weighted by atomic mass is 32.1. The van der Waals surface area contributed by atoms with Gasteiger partial charge in [-0.2, -0.15) is 0 Å². The fourth-order valence-electron chi connectivity index (χ4n) is 15.7. The summed E-state index contributed by atoms with van der Waals surface area (Å²) in [5.41, 5.74) is 28.7. The van der Waals surface area contributed by atoms with E-state index in [0.717, 1.165) is 94.0 Å². The molecule has 10 nitrogen and oxygen atoms in total. The molecule has 0 amide bonds. The first-order valence-electron chi connectivity index (χ1n) is 37.2. The highest BCUT2D eigenvalue weighted by Crippen LogP contribution is 2.48. The molecular formula is C99H72N10S2. The smallest absolute Gasteiger partial charge is 0.141 e. The van der Waals surface area contributed by atoms with Gasteiger partial charge in [0.25, 0.3) is 0 Å². The molecule has 0 atom stereocenters. The zero-order valence-corrected chi connectivity index (χ0v) is 62.7. The maximum absolute atomic E-state index is 5.05. The minimum atomic E-state index is 0.890. The quantitative estimate of drug-likeness (QED) is 0.142. The van der Waals surface area contributed by atoms with Crippen LogP contribution in [0.25, 0.3) is 186 Å². The number of nitrogens with zero attached hydrogens (tertiary/aromatic N) is 8. The summed E-state index contributed by atoms with van der Waals surface area (Å²) in [6.45, 7) is 2.13. The van der Waals surface area contributed by atoms with Crippen LogP contribution >= 0.6 is 22.7 Å². The summed E-state index contributed by atoms with van der Waals surface area (Å²) in [4.78, 5) is 26.9. The molecule has 0 bridgehead atoms. The molecule has 14 aromatic carbocycles. The number of thiazole rings is 2. The highest BCUT2D eigenvalue weighted by molar-refractivity contribution is 7.22. The zero-order chi connectivity index (χ0) is 74.3. The van der Waals surface area contributed by atoms with E-state index in [1.54, 1.807) is 22.7 Å². The van der Waals surface area contributed by atoms with Crippen molar-refractivity contribution in [2.24, 2.45) is 14.1 Å². The lowest BCUT2D eigenvalue weighted by atomic mass is 10.0. The van der Waals surface area contributed by atoms with Crippen molar-refractivity contribution in [1.29, 1.82) is 0 Å². The number of fused-ring (bicyclic) bond motifs is 8. The van der Waals surface area contributed by atoms with Gasteiger partial charge in [0, 0.05) is 69.2 Å². The molecule has 8 aromatic heterocycles. The van der Waals surface area contributed by atoms with Crippen LogP contribution in [0.1, 0.15) is 5.56 Å². The topological polar surface area (TPSA) is 103 Å². The summed E-state index contributed by atoms with van der Waals surface area (Å²) in [7, 11) is 4.26. The molecule has 22 aromatic rings. The number of aromatic amines is 2. The maximum atomic E-state index is 5.05. The second-order valence-corrected chi connectivity index (χ2v) is 29.6. The third kappa shape index (κ3) is 12.5. The number of hydrogen-bond acceptors (Lipinski definition) is 6. The van der Waals surface area contributed by atoms with Crippen LogP contribution in [-0.2, 0) is 14.1 Å². The normalized spacial score (nSPS) is 11.4. The molecule has 0 fully saturated rings. The lowest BCUT2D eigenvalue weighted by molar-refractivity contribution is 0.978. The Kier molecular flexibility index (Phi) is 17.8. The van der Waals surface area contributed by atoms with Crippen LogP contribution in [0.4, 0.5) is 0 Å². The summed E-state index contributed by atoms with van der Waals surface area (Å²) in [6.07, 6.45) is 0. The molecule has 0 aliphatic heterocycles. The van der Waals surface area contributed by atoms with Crippen molar-refractivity contribution in [2.75, 3.05) is 0 Å². The van der Waals surface area contributed by atoms with E-state index >= 15 is 0 Å². The zero-order valence-electron chi connectivity index (χ0n) is 61.1. The second-order valence-electron chi connectivity index (χ2n) is 27.6. The predicted octanol–water partition coefficient (Wildman–Crippen LogP) is 26.2. The Morgan fingerprint density at radius 3 is 0.982 bits per heavy atom. The Morgan fingerprint density at radius 2 is 0.550 bits per heavy atom. The molecule has 111 heavy (non-hydrogen) atoms. The summed E-state index contributed by atoms with van der Waals surface area (Å²) in [5, 5.41) is 7.00. The molecule has 0 saturated heterocycles. The standard InChI is InChI=1S/C28H20N2S.C27H19N3.C22H17N3.C22H16N2S/c1-19-15-17-21(18-16-19)30-24-13-7-5-11-22(24)26(27(30)20-9-3-2-4-10-20)28-29-23-12-6-8-14-25(23)31-28;1-3-11-19(12-4-1)26-25(27-28-22-16-8-9-17-23(22)29-27)21-15-7-10-18-24(21)30(26)20-13-5-2-6-14-20;1-25-19-14-8-5-11-16(19)20(21(25)15-9-3-2-4-10-15)22-23-17-12-6-7-13-18(17)24-22;1-24-18-13-7-5-11-16(18)20(21(24)15-9-3-2-4-10-15)22-23-17-12-6-8-14-19(17)25-22/h2-18H,1H3;1-18H,(H,28,29);2-14H,1H3,(H,23,24);2-14H,1H3. The van der Waals surface area contributed by atoms with Crippen molar-refractivity contribution in [3.63, 3.8) is 0 Å². The van der Waals surface area contributed by atoms with Crippen LogP contribution in [0.5, 0.6) is 0 Å². The van der Waals surface area contributed by atoms with Crippen molar-refractivity contribution in [3.8, 4) is 100 Å². The summed E-state index contributed by atoms with van der Waals surface area (Å²) >= 11 is 3.52. The van der Waals surface area contributed by atoms with Gasteiger partial charge in [0.15, 0.2) is 0 Å². The Labute approximate surface area is 649 Å². The van der Waals surface area contributed by atoms with Crippen LogP contribution in [0, 0.1) is 6.92 Å². The van der Waals surface area contributed by atoms with E-state index < -0.39 is 0 Å². The van der Waals surface area contributed by atoms with Gasteiger partial charge in [0.2, 0.25) is 0 Å². The van der Waals surface area contributed by atoms with E-state index in [4.69, 9.17) is 19.9 Å². The third-order valence-electron chi connectivity index (χ3n) is 20.7. The van der Waals surface area contributed by atoms with Crippen LogP contribution < -0.4 is 0 Å². The van der Waals surface area contributed by atoms with Gasteiger partial charge in [-0.05, 0) is 126 Å². The van der Waals surface area contributed by atoms with E-state index in [2.05, 4.69) is 371 Å². The Balaban J connectivity index is 0.000000100. The monoisotopic (exact) mass is 1460 g/mol. The minimum absolute atomic E-state index is 0.890. The van der Waals surface area contributed by atoms with Crippen LogP contribution in [-0.4, -0.2) is 48.2 Å². The average Bonchev–Trinajstić information content (AvgIpc) is 1.59. The lowest BCUT2D eigenvalue weighted by Crippen LogP contribution is -1.97. The first-order chi connectivity index (χ1) is 54.8. The number of benzene rings is 14. The van der Waals surface area contributed by atoms with Crippen molar-refractivity contribution in [1.82, 2.24) is 48.2 Å². The minimum Gasteiger partial charge on any atom is -0.343 e. The molecule has 0 radical (unpaired) electrons. The molecule has 8 heterocycles. The van der Waals surface area contributed by atoms with E-state index in [9.17, 15) is 0 Å². The number of nitrogens with one attached hydrogen (secondary N) is 2. The van der Waals surface area contributed by atoms with Crippen LogP contribution in [0.3, 0.4) is 0 Å². The number of aryl methyl sites for hydroxylation is 3. The molecule has 0 aliphatic carbocycles. The first kappa shape index (κ1) is 67.6. The van der Waals surface area contributed by atoms with Crippen molar-refractivity contribution >= 4 is 109 Å². The molecule has 2 N–H and O–H groups in total. The van der Waals surface area contributed by atoms with E-state index in [1.807, 2.05) is 48.5 Å². The van der Waals surface area contributed by atoms with Gasteiger partial charge in [-0.1, -0.05) is 279 Å². The maximum Gasteiger partial charge on any atom is 0.141 e. The van der Waals surface area contributed by atoms with Gasteiger partial charge < -0.3 is 28.2 Å². The van der Waals surface area contributed by atoms with Crippen molar-refractivity contribution < 1.29 is 0 Å². The van der Waals surface area contributed by atoms with Gasteiger partial charge >= 0.3 is 0 Å². The first-order valence-corrected chi connectivity index (χ1v) is 38.9. The third-order valence-corrected chi connectivity index (χ3v) is 22.8. The molecule has 0 aliphatic rings. The SMILES string of the molecule is Cc1ccc(-n2c(-c3ccccc3)c(-c3nc4ccccc4s3)c3ccccc32)cc1.Cn1c(-c2ccccc2)c(-c2nc3ccccc3[nH]2)c2ccccc21.Cn1c(-c2ccccc2)c(-c2nc3ccccc3s2)c2ccccc21.c1ccc(-c2c(-c3nc4ccccc4[nH]3)c3ccccc3n2-c2ccccc2)cc1. The molecule has 530 valence electrons. The molecule has 12 heteroatoms. The van der Waals surface area contributed by atoms with E-state index in [-0.39, 0.29) is 0 Å². The Morgan fingerprint density at radius 1 is 0.252 bits per heavy atom. The van der Waals surface area contributed by atoms with Gasteiger partial charge in [-0.3, -0.25) is 0 Å².